The van der Waals surface area contributed by atoms with Gasteiger partial charge in [0.25, 0.3) is 0 Å². The van der Waals surface area contributed by atoms with Crippen molar-refractivity contribution in [3.05, 3.63) is 59.0 Å². The van der Waals surface area contributed by atoms with Gasteiger partial charge >= 0.3 is 0 Å². The lowest BCUT2D eigenvalue weighted by Crippen LogP contribution is -1.90. The summed E-state index contributed by atoms with van der Waals surface area (Å²) in [5.41, 5.74) is 3.11. The minimum atomic E-state index is 0.797. The molecule has 0 unspecified atom stereocenters. The second-order valence-corrected chi connectivity index (χ2v) is 6.56. The van der Waals surface area contributed by atoms with Crippen LogP contribution < -0.4 is 0 Å². The Morgan fingerprint density at radius 3 is 2.60 bits per heavy atom. The molecule has 0 spiro atoms. The van der Waals surface area contributed by atoms with Gasteiger partial charge in [0.2, 0.25) is 0 Å². The summed E-state index contributed by atoms with van der Waals surface area (Å²) in [6, 6.07) is 14.6. The van der Waals surface area contributed by atoms with Gasteiger partial charge in [-0.3, -0.25) is 4.79 Å². The lowest BCUT2D eigenvalue weighted by Gasteiger charge is -2.04. The number of aldehydes is 1. The van der Waals surface area contributed by atoms with Crippen LogP contribution in [0, 0.1) is 0 Å². The summed E-state index contributed by atoms with van der Waals surface area (Å²) < 4.78 is 0. The Hall–Kier alpha value is -1.71. The highest BCUT2D eigenvalue weighted by atomic mass is 32.1. The standard InChI is InChI=1S/C17H14OS2/c1-2-12-10-13(5-6-14(12)11-18)15-7-8-17(20-15)16-4-3-9-19-16/h3-11H,2H2,1H3. The van der Waals surface area contributed by atoms with E-state index in [9.17, 15) is 4.79 Å². The quantitative estimate of drug-likeness (QED) is 0.580. The number of carbonyl (C=O) groups excluding carboxylic acids is 1. The Bertz CT molecular complexity index is 723. The summed E-state index contributed by atoms with van der Waals surface area (Å²) in [7, 11) is 0. The first-order chi connectivity index (χ1) is 9.81. The Balaban J connectivity index is 1.99. The first kappa shape index (κ1) is 13.3. The lowest BCUT2D eigenvalue weighted by atomic mass is 10.0. The minimum absolute atomic E-state index is 0.797. The molecule has 0 radical (unpaired) electrons. The van der Waals surface area contributed by atoms with Crippen LogP contribution in [0.2, 0.25) is 0 Å². The van der Waals surface area contributed by atoms with Crippen molar-refractivity contribution in [2.75, 3.05) is 0 Å². The fraction of sp³-hybridized carbons (Fsp3) is 0.118. The minimum Gasteiger partial charge on any atom is -0.298 e. The molecule has 0 atom stereocenters. The van der Waals surface area contributed by atoms with Gasteiger partial charge < -0.3 is 0 Å². The number of thiophene rings is 2. The van der Waals surface area contributed by atoms with Crippen molar-refractivity contribution < 1.29 is 4.79 Å². The van der Waals surface area contributed by atoms with E-state index in [1.165, 1.54) is 20.2 Å². The van der Waals surface area contributed by atoms with Gasteiger partial charge in [-0.25, -0.2) is 0 Å². The maximum atomic E-state index is 11.0. The van der Waals surface area contributed by atoms with Gasteiger partial charge in [0, 0.05) is 20.2 Å². The zero-order chi connectivity index (χ0) is 13.9. The van der Waals surface area contributed by atoms with Crippen LogP contribution in [0.25, 0.3) is 20.2 Å². The average molecular weight is 298 g/mol. The predicted octanol–water partition coefficient (Wildman–Crippen LogP) is 5.52. The molecule has 0 saturated heterocycles. The molecular formula is C17H14OS2. The zero-order valence-corrected chi connectivity index (χ0v) is 12.8. The molecule has 0 N–H and O–H groups in total. The van der Waals surface area contributed by atoms with Gasteiger partial charge in [-0.1, -0.05) is 25.1 Å². The summed E-state index contributed by atoms with van der Waals surface area (Å²) in [5, 5.41) is 2.10. The molecule has 2 aromatic heterocycles. The maximum absolute atomic E-state index is 11.0. The molecule has 100 valence electrons. The van der Waals surface area contributed by atoms with Crippen molar-refractivity contribution in [1.29, 1.82) is 0 Å². The van der Waals surface area contributed by atoms with E-state index in [1.54, 1.807) is 22.7 Å². The highest BCUT2D eigenvalue weighted by Gasteiger charge is 2.08. The molecule has 0 aliphatic rings. The van der Waals surface area contributed by atoms with Crippen LogP contribution in [0.1, 0.15) is 22.8 Å². The molecule has 0 bridgehead atoms. The molecule has 0 aliphatic heterocycles. The van der Waals surface area contributed by atoms with Crippen LogP contribution in [0.3, 0.4) is 0 Å². The molecule has 3 heteroatoms. The third-order valence-corrected chi connectivity index (χ3v) is 5.51. The van der Waals surface area contributed by atoms with E-state index in [4.69, 9.17) is 0 Å². The van der Waals surface area contributed by atoms with Gasteiger partial charge in [0.1, 0.15) is 6.29 Å². The van der Waals surface area contributed by atoms with Crippen LogP contribution in [0.15, 0.2) is 47.8 Å². The molecule has 20 heavy (non-hydrogen) atoms. The average Bonchev–Trinajstić information content (AvgIpc) is 3.16. The molecule has 0 aliphatic carbocycles. The first-order valence-corrected chi connectivity index (χ1v) is 8.23. The van der Waals surface area contributed by atoms with Crippen molar-refractivity contribution in [3.63, 3.8) is 0 Å². The van der Waals surface area contributed by atoms with Crippen LogP contribution in [0.5, 0.6) is 0 Å². The summed E-state index contributed by atoms with van der Waals surface area (Å²) in [6.45, 7) is 2.08. The molecule has 0 fully saturated rings. The molecule has 3 rings (SSSR count). The van der Waals surface area contributed by atoms with Gasteiger partial charge in [-0.2, -0.15) is 0 Å². The summed E-state index contributed by atoms with van der Waals surface area (Å²) in [4.78, 5) is 14.9. The number of carbonyl (C=O) groups is 1. The van der Waals surface area contributed by atoms with Gasteiger partial charge in [-0.05, 0) is 47.2 Å². The van der Waals surface area contributed by atoms with Crippen LogP contribution >= 0.6 is 22.7 Å². The summed E-state index contributed by atoms with van der Waals surface area (Å²) >= 11 is 3.56. The third kappa shape index (κ3) is 2.47. The molecule has 2 heterocycles. The van der Waals surface area contributed by atoms with Crippen LogP contribution in [-0.2, 0) is 6.42 Å². The SMILES string of the molecule is CCc1cc(-c2ccc(-c3cccs3)s2)ccc1C=O. The Labute approximate surface area is 126 Å². The lowest BCUT2D eigenvalue weighted by molar-refractivity contribution is 0.112. The fourth-order valence-corrected chi connectivity index (χ4v) is 4.06. The molecule has 1 aromatic carbocycles. The van der Waals surface area contributed by atoms with Crippen molar-refractivity contribution in [2.24, 2.45) is 0 Å². The van der Waals surface area contributed by atoms with Crippen LogP contribution in [0.4, 0.5) is 0 Å². The van der Waals surface area contributed by atoms with E-state index < -0.39 is 0 Å². The number of rotatable bonds is 4. The highest BCUT2D eigenvalue weighted by Crippen LogP contribution is 2.36. The van der Waals surface area contributed by atoms with Crippen molar-refractivity contribution in [2.45, 2.75) is 13.3 Å². The second kappa shape index (κ2) is 5.73. The highest BCUT2D eigenvalue weighted by molar-refractivity contribution is 7.23. The number of benzene rings is 1. The second-order valence-electron chi connectivity index (χ2n) is 4.53. The molecule has 0 amide bonds. The Kier molecular flexibility index (Phi) is 3.81. The van der Waals surface area contributed by atoms with Crippen LogP contribution in [-0.4, -0.2) is 6.29 Å². The summed E-state index contributed by atoms with van der Waals surface area (Å²) in [5.74, 6) is 0. The van der Waals surface area contributed by atoms with E-state index in [0.29, 0.717) is 0 Å². The van der Waals surface area contributed by atoms with Crippen molar-refractivity contribution in [1.82, 2.24) is 0 Å². The maximum Gasteiger partial charge on any atom is 0.150 e. The van der Waals surface area contributed by atoms with E-state index in [2.05, 4.69) is 42.6 Å². The van der Waals surface area contributed by atoms with Gasteiger partial charge in [-0.15, -0.1) is 22.7 Å². The Morgan fingerprint density at radius 2 is 1.90 bits per heavy atom. The predicted molar refractivity (Wildman–Crippen MR) is 87.8 cm³/mol. The van der Waals surface area contributed by atoms with Gasteiger partial charge in [0.05, 0.1) is 0 Å². The van der Waals surface area contributed by atoms with Gasteiger partial charge in [0.15, 0.2) is 0 Å². The fourth-order valence-electron chi connectivity index (χ4n) is 2.22. The number of hydrogen-bond acceptors (Lipinski definition) is 3. The number of aryl methyl sites for hydroxylation is 1. The van der Waals surface area contributed by atoms with E-state index in [-0.39, 0.29) is 0 Å². The third-order valence-electron chi connectivity index (χ3n) is 3.31. The van der Waals surface area contributed by atoms with Crippen molar-refractivity contribution >= 4 is 29.0 Å². The zero-order valence-electron chi connectivity index (χ0n) is 11.1. The summed E-state index contributed by atoms with van der Waals surface area (Å²) in [6.07, 6.45) is 1.82. The van der Waals surface area contributed by atoms with E-state index >= 15 is 0 Å². The molecule has 0 saturated carbocycles. The largest absolute Gasteiger partial charge is 0.298 e. The monoisotopic (exact) mass is 298 g/mol. The molecular weight excluding hydrogens is 284 g/mol. The van der Waals surface area contributed by atoms with Crippen molar-refractivity contribution in [3.8, 4) is 20.2 Å². The molecule has 1 nitrogen and oxygen atoms in total. The topological polar surface area (TPSA) is 17.1 Å². The van der Waals surface area contributed by atoms with E-state index in [0.717, 1.165) is 23.8 Å². The Morgan fingerprint density at radius 1 is 1.05 bits per heavy atom. The molecule has 3 aromatic rings. The smallest absolute Gasteiger partial charge is 0.150 e. The van der Waals surface area contributed by atoms with E-state index in [1.807, 2.05) is 12.1 Å². The normalized spacial score (nSPS) is 10.7. The number of hydrogen-bond donors (Lipinski definition) is 0. The first-order valence-electron chi connectivity index (χ1n) is 6.54.